The van der Waals surface area contributed by atoms with Crippen molar-refractivity contribution < 1.29 is 9.90 Å². The van der Waals surface area contributed by atoms with E-state index in [2.05, 4.69) is 18.7 Å². The predicted molar refractivity (Wildman–Crippen MR) is 86.1 cm³/mol. The number of hydrogen-bond acceptors (Lipinski definition) is 2. The lowest BCUT2D eigenvalue weighted by Gasteiger charge is -2.22. The van der Waals surface area contributed by atoms with E-state index in [0.29, 0.717) is 5.57 Å². The summed E-state index contributed by atoms with van der Waals surface area (Å²) in [7, 11) is 0. The normalized spacial score (nSPS) is 12.1. The molecule has 0 amide bonds. The van der Waals surface area contributed by atoms with Gasteiger partial charge in [0.2, 0.25) is 0 Å². The van der Waals surface area contributed by atoms with Gasteiger partial charge < -0.3 is 10.0 Å². The Morgan fingerprint density at radius 3 is 1.90 bits per heavy atom. The third-order valence-corrected chi connectivity index (χ3v) is 3.62. The van der Waals surface area contributed by atoms with Crippen molar-refractivity contribution in [2.45, 2.75) is 72.1 Å². The van der Waals surface area contributed by atoms with Crippen LogP contribution in [0.1, 0.15) is 72.1 Å². The number of carboxylic acids is 1. The SMILES string of the molecule is CCCCCN(CCCC=C(C)C(=O)O)CCCCC. The van der Waals surface area contributed by atoms with E-state index in [1.54, 1.807) is 6.92 Å². The van der Waals surface area contributed by atoms with Gasteiger partial charge in [0.1, 0.15) is 0 Å². The van der Waals surface area contributed by atoms with Gasteiger partial charge >= 0.3 is 5.97 Å². The maximum Gasteiger partial charge on any atom is 0.330 e. The van der Waals surface area contributed by atoms with E-state index in [1.807, 2.05) is 6.08 Å². The highest BCUT2D eigenvalue weighted by Gasteiger charge is 2.04. The Morgan fingerprint density at radius 1 is 0.950 bits per heavy atom. The van der Waals surface area contributed by atoms with Gasteiger partial charge in [-0.3, -0.25) is 0 Å². The second-order valence-corrected chi connectivity index (χ2v) is 5.59. The van der Waals surface area contributed by atoms with Gasteiger partial charge in [0.05, 0.1) is 0 Å². The molecular formula is C17H33NO2. The molecule has 20 heavy (non-hydrogen) atoms. The van der Waals surface area contributed by atoms with Crippen LogP contribution in [0.4, 0.5) is 0 Å². The molecule has 0 aromatic rings. The number of aliphatic carboxylic acids is 1. The minimum absolute atomic E-state index is 0.466. The fraction of sp³-hybridized carbons (Fsp3) is 0.824. The highest BCUT2D eigenvalue weighted by molar-refractivity contribution is 5.85. The minimum Gasteiger partial charge on any atom is -0.478 e. The van der Waals surface area contributed by atoms with Crippen molar-refractivity contribution in [1.82, 2.24) is 4.90 Å². The van der Waals surface area contributed by atoms with Gasteiger partial charge in [0, 0.05) is 5.57 Å². The molecule has 0 rings (SSSR count). The van der Waals surface area contributed by atoms with E-state index in [9.17, 15) is 4.79 Å². The first-order valence-corrected chi connectivity index (χ1v) is 8.24. The molecule has 0 saturated carbocycles. The minimum atomic E-state index is -0.798. The van der Waals surface area contributed by atoms with Crippen molar-refractivity contribution in [3.8, 4) is 0 Å². The van der Waals surface area contributed by atoms with Crippen LogP contribution in [0.2, 0.25) is 0 Å². The van der Waals surface area contributed by atoms with E-state index >= 15 is 0 Å². The first-order valence-electron chi connectivity index (χ1n) is 8.24. The number of unbranched alkanes of at least 4 members (excludes halogenated alkanes) is 5. The molecule has 0 saturated heterocycles. The number of hydrogen-bond donors (Lipinski definition) is 1. The van der Waals surface area contributed by atoms with Crippen LogP contribution < -0.4 is 0 Å². The lowest BCUT2D eigenvalue weighted by atomic mass is 10.1. The molecule has 0 spiro atoms. The zero-order valence-corrected chi connectivity index (χ0v) is 13.7. The summed E-state index contributed by atoms with van der Waals surface area (Å²) in [4.78, 5) is 13.2. The molecule has 1 N–H and O–H groups in total. The molecule has 0 aromatic carbocycles. The average Bonchev–Trinajstić information content (AvgIpc) is 2.42. The van der Waals surface area contributed by atoms with Gasteiger partial charge in [-0.05, 0) is 52.2 Å². The molecule has 0 atom stereocenters. The highest BCUT2D eigenvalue weighted by Crippen LogP contribution is 2.06. The smallest absolute Gasteiger partial charge is 0.330 e. The first-order chi connectivity index (χ1) is 9.61. The van der Waals surface area contributed by atoms with E-state index < -0.39 is 5.97 Å². The Labute approximate surface area is 125 Å². The van der Waals surface area contributed by atoms with Crippen LogP contribution >= 0.6 is 0 Å². The van der Waals surface area contributed by atoms with E-state index in [1.165, 1.54) is 51.6 Å². The van der Waals surface area contributed by atoms with Crippen molar-refractivity contribution in [2.75, 3.05) is 19.6 Å². The monoisotopic (exact) mass is 283 g/mol. The summed E-state index contributed by atoms with van der Waals surface area (Å²) in [6, 6.07) is 0. The van der Waals surface area contributed by atoms with Crippen molar-refractivity contribution in [3.63, 3.8) is 0 Å². The second kappa shape index (κ2) is 13.2. The molecule has 3 heteroatoms. The number of carboxylic acid groups (broad SMARTS) is 1. The Bertz CT molecular complexity index is 264. The number of nitrogens with zero attached hydrogens (tertiary/aromatic N) is 1. The molecule has 118 valence electrons. The molecular weight excluding hydrogens is 250 g/mol. The van der Waals surface area contributed by atoms with Crippen LogP contribution in [0.25, 0.3) is 0 Å². The maximum absolute atomic E-state index is 10.7. The molecule has 0 aliphatic heterocycles. The van der Waals surface area contributed by atoms with Crippen molar-refractivity contribution in [1.29, 1.82) is 0 Å². The third-order valence-electron chi connectivity index (χ3n) is 3.62. The van der Waals surface area contributed by atoms with Gasteiger partial charge in [0.25, 0.3) is 0 Å². The quantitative estimate of drug-likeness (QED) is 0.400. The topological polar surface area (TPSA) is 40.5 Å². The second-order valence-electron chi connectivity index (χ2n) is 5.59. The number of rotatable bonds is 13. The lowest BCUT2D eigenvalue weighted by Crippen LogP contribution is -2.27. The van der Waals surface area contributed by atoms with E-state index in [4.69, 9.17) is 5.11 Å². The molecule has 3 nitrogen and oxygen atoms in total. The summed E-state index contributed by atoms with van der Waals surface area (Å²) in [6.07, 6.45) is 11.5. The molecule has 0 bridgehead atoms. The summed E-state index contributed by atoms with van der Waals surface area (Å²) in [5.74, 6) is -0.798. The molecule has 0 fully saturated rings. The molecule has 0 aliphatic rings. The largest absolute Gasteiger partial charge is 0.478 e. The van der Waals surface area contributed by atoms with Crippen molar-refractivity contribution in [3.05, 3.63) is 11.6 Å². The first kappa shape index (κ1) is 19.2. The van der Waals surface area contributed by atoms with Crippen LogP contribution in [-0.4, -0.2) is 35.6 Å². The van der Waals surface area contributed by atoms with Gasteiger partial charge in [0.15, 0.2) is 0 Å². The highest BCUT2D eigenvalue weighted by atomic mass is 16.4. The van der Waals surface area contributed by atoms with Crippen LogP contribution in [0, 0.1) is 0 Å². The molecule has 0 unspecified atom stereocenters. The summed E-state index contributed by atoms with van der Waals surface area (Å²) < 4.78 is 0. The predicted octanol–water partition coefficient (Wildman–Crippen LogP) is 4.48. The van der Waals surface area contributed by atoms with Gasteiger partial charge in [-0.25, -0.2) is 4.79 Å². The van der Waals surface area contributed by atoms with Gasteiger partial charge in [-0.1, -0.05) is 45.6 Å². The fourth-order valence-electron chi connectivity index (χ4n) is 2.23. The summed E-state index contributed by atoms with van der Waals surface area (Å²) in [6.45, 7) is 9.62. The van der Waals surface area contributed by atoms with Crippen LogP contribution in [-0.2, 0) is 4.79 Å². The Kier molecular flexibility index (Phi) is 12.6. The third kappa shape index (κ3) is 11.0. The number of carbonyl (C=O) groups is 1. The van der Waals surface area contributed by atoms with E-state index in [-0.39, 0.29) is 0 Å². The van der Waals surface area contributed by atoms with Crippen molar-refractivity contribution >= 4 is 5.97 Å². The van der Waals surface area contributed by atoms with Crippen LogP contribution in [0.15, 0.2) is 11.6 Å². The van der Waals surface area contributed by atoms with Gasteiger partial charge in [-0.2, -0.15) is 0 Å². The molecule has 0 radical (unpaired) electrons. The standard InChI is InChI=1S/C17H33NO2/c1-4-6-9-13-18(14-10-7-5-2)15-11-8-12-16(3)17(19)20/h12H,4-11,13-15H2,1-3H3,(H,19,20). The van der Waals surface area contributed by atoms with E-state index in [0.717, 1.165) is 19.4 Å². The average molecular weight is 283 g/mol. The molecule has 0 aromatic heterocycles. The van der Waals surface area contributed by atoms with Crippen LogP contribution in [0.3, 0.4) is 0 Å². The Morgan fingerprint density at radius 2 is 1.45 bits per heavy atom. The summed E-state index contributed by atoms with van der Waals surface area (Å²) in [5, 5.41) is 8.80. The van der Waals surface area contributed by atoms with Crippen LogP contribution in [0.5, 0.6) is 0 Å². The zero-order chi connectivity index (χ0) is 15.2. The Hall–Kier alpha value is -0.830. The number of allylic oxidation sites excluding steroid dienone is 1. The Balaban J connectivity index is 3.94. The lowest BCUT2D eigenvalue weighted by molar-refractivity contribution is -0.132. The fourth-order valence-corrected chi connectivity index (χ4v) is 2.23. The van der Waals surface area contributed by atoms with Crippen molar-refractivity contribution in [2.24, 2.45) is 0 Å². The molecule has 0 heterocycles. The zero-order valence-electron chi connectivity index (χ0n) is 13.7. The molecule has 0 aliphatic carbocycles. The maximum atomic E-state index is 10.7. The summed E-state index contributed by atoms with van der Waals surface area (Å²) >= 11 is 0. The van der Waals surface area contributed by atoms with Gasteiger partial charge in [-0.15, -0.1) is 0 Å². The summed E-state index contributed by atoms with van der Waals surface area (Å²) in [5.41, 5.74) is 0.466.